The molecule has 0 aliphatic heterocycles. The van der Waals surface area contributed by atoms with Gasteiger partial charge in [-0.3, -0.25) is 0 Å². The highest BCUT2D eigenvalue weighted by Gasteiger charge is 2.05. The molecule has 0 saturated heterocycles. The number of rotatable bonds is 7. The van der Waals surface area contributed by atoms with Gasteiger partial charge in [-0.15, -0.1) is 11.8 Å². The molecule has 3 nitrogen and oxygen atoms in total. The summed E-state index contributed by atoms with van der Waals surface area (Å²) in [5, 5.41) is 0. The summed E-state index contributed by atoms with van der Waals surface area (Å²) < 4.78 is 24.2. The molecular formula is C16H18FNO2S. The third kappa shape index (κ3) is 4.56. The Balaban J connectivity index is 1.84. The number of halogens is 1. The highest BCUT2D eigenvalue weighted by Crippen LogP contribution is 2.28. The molecule has 5 heteroatoms. The van der Waals surface area contributed by atoms with Crippen LogP contribution in [0.1, 0.15) is 6.92 Å². The lowest BCUT2D eigenvalue weighted by Crippen LogP contribution is -2.03. The van der Waals surface area contributed by atoms with Crippen molar-refractivity contribution in [2.75, 3.05) is 24.7 Å². The Hall–Kier alpha value is -1.88. The van der Waals surface area contributed by atoms with E-state index in [2.05, 4.69) is 0 Å². The van der Waals surface area contributed by atoms with E-state index in [9.17, 15) is 4.39 Å². The minimum atomic E-state index is -0.321. The third-order valence-electron chi connectivity index (χ3n) is 2.72. The number of hydrogen-bond acceptors (Lipinski definition) is 4. The first-order valence-corrected chi connectivity index (χ1v) is 7.71. The Labute approximate surface area is 128 Å². The Morgan fingerprint density at radius 2 is 1.81 bits per heavy atom. The summed E-state index contributed by atoms with van der Waals surface area (Å²) in [6.45, 7) is 3.05. The number of hydrogen-bond donors (Lipinski definition) is 1. The van der Waals surface area contributed by atoms with Crippen molar-refractivity contribution < 1.29 is 13.9 Å². The number of benzene rings is 2. The summed E-state index contributed by atoms with van der Waals surface area (Å²) >= 11 is 1.54. The molecule has 0 bridgehead atoms. The van der Waals surface area contributed by atoms with Gasteiger partial charge in [0.25, 0.3) is 0 Å². The van der Waals surface area contributed by atoms with Crippen molar-refractivity contribution in [3.8, 4) is 11.5 Å². The zero-order valence-electron chi connectivity index (χ0n) is 11.8. The zero-order chi connectivity index (χ0) is 15.1. The summed E-state index contributed by atoms with van der Waals surface area (Å²) in [7, 11) is 0. The van der Waals surface area contributed by atoms with E-state index in [0.717, 1.165) is 22.1 Å². The van der Waals surface area contributed by atoms with Crippen LogP contribution in [0.25, 0.3) is 0 Å². The van der Waals surface area contributed by atoms with E-state index in [1.54, 1.807) is 6.07 Å². The Kier molecular flexibility index (Phi) is 5.75. The van der Waals surface area contributed by atoms with E-state index in [4.69, 9.17) is 15.2 Å². The maximum atomic E-state index is 12.9. The lowest BCUT2D eigenvalue weighted by atomic mass is 10.3. The number of thioether (sulfide) groups is 1. The first kappa shape index (κ1) is 15.5. The molecule has 2 N–H and O–H groups in total. The normalized spacial score (nSPS) is 10.4. The number of para-hydroxylation sites is 2. The predicted molar refractivity (Wildman–Crippen MR) is 84.6 cm³/mol. The van der Waals surface area contributed by atoms with E-state index in [0.29, 0.717) is 18.9 Å². The standard InChI is InChI=1S/C16H18FNO2S/c1-2-19-14-5-3-4-6-15(14)20-9-10-21-16-8-7-12(17)11-13(16)18/h3-8,11H,2,9-10,18H2,1H3. The average Bonchev–Trinajstić information content (AvgIpc) is 2.47. The smallest absolute Gasteiger partial charge is 0.161 e. The van der Waals surface area contributed by atoms with Crippen LogP contribution in [0, 0.1) is 5.82 Å². The molecule has 0 spiro atoms. The molecule has 112 valence electrons. The molecule has 0 atom stereocenters. The van der Waals surface area contributed by atoms with Gasteiger partial charge in [0.15, 0.2) is 11.5 Å². The van der Waals surface area contributed by atoms with Gasteiger partial charge >= 0.3 is 0 Å². The van der Waals surface area contributed by atoms with Gasteiger partial charge in [0.05, 0.1) is 13.2 Å². The number of nitrogen functional groups attached to an aromatic ring is 1. The van der Waals surface area contributed by atoms with Crippen LogP contribution in [-0.4, -0.2) is 19.0 Å². The monoisotopic (exact) mass is 307 g/mol. The van der Waals surface area contributed by atoms with Crippen LogP contribution in [0.3, 0.4) is 0 Å². The number of anilines is 1. The van der Waals surface area contributed by atoms with Gasteiger partial charge < -0.3 is 15.2 Å². The molecular weight excluding hydrogens is 289 g/mol. The molecule has 0 heterocycles. The molecule has 2 aromatic carbocycles. The van der Waals surface area contributed by atoms with Gasteiger partial charge in [-0.2, -0.15) is 0 Å². The molecule has 0 radical (unpaired) electrons. The fourth-order valence-electron chi connectivity index (χ4n) is 1.80. The second-order valence-electron chi connectivity index (χ2n) is 4.26. The largest absolute Gasteiger partial charge is 0.490 e. The number of nitrogens with two attached hydrogens (primary N) is 1. The van der Waals surface area contributed by atoms with Crippen molar-refractivity contribution in [1.29, 1.82) is 0 Å². The molecule has 0 saturated carbocycles. The van der Waals surface area contributed by atoms with Crippen molar-refractivity contribution in [2.45, 2.75) is 11.8 Å². The van der Waals surface area contributed by atoms with E-state index in [1.165, 1.54) is 23.9 Å². The van der Waals surface area contributed by atoms with Crippen molar-refractivity contribution in [3.63, 3.8) is 0 Å². The van der Waals surface area contributed by atoms with Crippen LogP contribution >= 0.6 is 11.8 Å². The van der Waals surface area contributed by atoms with Crippen LogP contribution in [0.15, 0.2) is 47.4 Å². The molecule has 0 fully saturated rings. The van der Waals surface area contributed by atoms with Crippen LogP contribution in [-0.2, 0) is 0 Å². The van der Waals surface area contributed by atoms with Crippen molar-refractivity contribution in [2.24, 2.45) is 0 Å². The molecule has 0 aromatic heterocycles. The van der Waals surface area contributed by atoms with Crippen LogP contribution in [0.5, 0.6) is 11.5 Å². The van der Waals surface area contributed by atoms with Gasteiger partial charge in [-0.05, 0) is 37.3 Å². The van der Waals surface area contributed by atoms with Crippen molar-refractivity contribution in [1.82, 2.24) is 0 Å². The maximum absolute atomic E-state index is 12.9. The third-order valence-corrected chi connectivity index (χ3v) is 3.77. The lowest BCUT2D eigenvalue weighted by Gasteiger charge is -2.11. The van der Waals surface area contributed by atoms with Gasteiger partial charge in [-0.1, -0.05) is 12.1 Å². The highest BCUT2D eigenvalue weighted by atomic mass is 32.2. The summed E-state index contributed by atoms with van der Waals surface area (Å²) in [4.78, 5) is 0.859. The van der Waals surface area contributed by atoms with E-state index in [1.807, 2.05) is 31.2 Å². The lowest BCUT2D eigenvalue weighted by molar-refractivity contribution is 0.289. The topological polar surface area (TPSA) is 44.5 Å². The first-order chi connectivity index (χ1) is 10.2. The first-order valence-electron chi connectivity index (χ1n) is 6.73. The van der Waals surface area contributed by atoms with E-state index in [-0.39, 0.29) is 5.82 Å². The second-order valence-corrected chi connectivity index (χ2v) is 5.40. The van der Waals surface area contributed by atoms with E-state index < -0.39 is 0 Å². The number of ether oxygens (including phenoxy) is 2. The van der Waals surface area contributed by atoms with Gasteiger partial charge in [-0.25, -0.2) is 4.39 Å². The van der Waals surface area contributed by atoms with Gasteiger partial charge in [0, 0.05) is 16.3 Å². The molecule has 2 rings (SSSR count). The van der Waals surface area contributed by atoms with E-state index >= 15 is 0 Å². The van der Waals surface area contributed by atoms with Crippen LogP contribution in [0.2, 0.25) is 0 Å². The Morgan fingerprint density at radius 1 is 1.10 bits per heavy atom. The van der Waals surface area contributed by atoms with Crippen LogP contribution in [0.4, 0.5) is 10.1 Å². The zero-order valence-corrected chi connectivity index (χ0v) is 12.7. The summed E-state index contributed by atoms with van der Waals surface area (Å²) in [6, 6.07) is 12.0. The minimum absolute atomic E-state index is 0.321. The fraction of sp³-hybridized carbons (Fsp3) is 0.250. The molecule has 0 aliphatic carbocycles. The second kappa shape index (κ2) is 7.78. The SMILES string of the molecule is CCOc1ccccc1OCCSc1ccc(F)cc1N. The molecule has 0 aliphatic rings. The van der Waals surface area contributed by atoms with Gasteiger partial charge in [0.1, 0.15) is 5.82 Å². The summed E-state index contributed by atoms with van der Waals surface area (Å²) in [6.07, 6.45) is 0. The van der Waals surface area contributed by atoms with Crippen molar-refractivity contribution in [3.05, 3.63) is 48.3 Å². The van der Waals surface area contributed by atoms with Crippen LogP contribution < -0.4 is 15.2 Å². The fourth-order valence-corrected chi connectivity index (χ4v) is 2.57. The Morgan fingerprint density at radius 3 is 2.48 bits per heavy atom. The molecule has 21 heavy (non-hydrogen) atoms. The van der Waals surface area contributed by atoms with Gasteiger partial charge in [0.2, 0.25) is 0 Å². The molecule has 0 amide bonds. The average molecular weight is 307 g/mol. The minimum Gasteiger partial charge on any atom is -0.490 e. The summed E-state index contributed by atoms with van der Waals surface area (Å²) in [5.74, 6) is 1.87. The van der Waals surface area contributed by atoms with Crippen molar-refractivity contribution >= 4 is 17.4 Å². The summed E-state index contributed by atoms with van der Waals surface area (Å²) in [5.41, 5.74) is 6.21. The molecule has 0 unspecified atom stereocenters. The predicted octanol–water partition coefficient (Wildman–Crippen LogP) is 3.98. The molecule has 2 aromatic rings. The maximum Gasteiger partial charge on any atom is 0.161 e. The Bertz CT molecular complexity index is 592. The highest BCUT2D eigenvalue weighted by molar-refractivity contribution is 7.99. The quantitative estimate of drug-likeness (QED) is 0.477.